The highest BCUT2D eigenvalue weighted by Gasteiger charge is 2.12. The summed E-state index contributed by atoms with van der Waals surface area (Å²) in [6.45, 7) is 2.12. The Hall–Kier alpha value is -3.52. The van der Waals surface area contributed by atoms with E-state index in [-0.39, 0.29) is 0 Å². The van der Waals surface area contributed by atoms with E-state index < -0.39 is 0 Å². The van der Waals surface area contributed by atoms with Crippen molar-refractivity contribution in [2.75, 3.05) is 0 Å². The van der Waals surface area contributed by atoms with Gasteiger partial charge in [0.25, 0.3) is 0 Å². The fraction of sp³-hybridized carbons (Fsp3) is 0.0400. The van der Waals surface area contributed by atoms with Crippen molar-refractivity contribution >= 4 is 21.7 Å². The minimum atomic E-state index is 0.968. The quantitative estimate of drug-likeness (QED) is 0.344. The highest BCUT2D eigenvalue weighted by atomic mass is 14.7. The summed E-state index contributed by atoms with van der Waals surface area (Å²) < 4.78 is 0. The number of benzene rings is 3. The molecule has 0 fully saturated rings. The van der Waals surface area contributed by atoms with Crippen molar-refractivity contribution in [3.8, 4) is 22.4 Å². The van der Waals surface area contributed by atoms with Crippen molar-refractivity contribution in [3.63, 3.8) is 0 Å². The molecule has 0 atom stereocenters. The minimum absolute atomic E-state index is 0.968. The molecule has 0 unspecified atom stereocenters. The predicted octanol–water partition coefficient (Wildman–Crippen LogP) is 6.43. The molecule has 0 saturated heterocycles. The van der Waals surface area contributed by atoms with Crippen molar-refractivity contribution in [1.82, 2.24) is 9.97 Å². The second-order valence-corrected chi connectivity index (χ2v) is 6.84. The Kier molecular flexibility index (Phi) is 3.68. The monoisotopic (exact) mass is 346 g/mol. The predicted molar refractivity (Wildman–Crippen MR) is 113 cm³/mol. The Bertz CT molecular complexity index is 1260. The van der Waals surface area contributed by atoms with E-state index in [4.69, 9.17) is 4.98 Å². The van der Waals surface area contributed by atoms with Crippen LogP contribution in [-0.2, 0) is 0 Å². The molecule has 128 valence electrons. The molecule has 0 bridgehead atoms. The summed E-state index contributed by atoms with van der Waals surface area (Å²) in [7, 11) is 0. The lowest BCUT2D eigenvalue weighted by molar-refractivity contribution is 1.31. The van der Waals surface area contributed by atoms with E-state index in [2.05, 4.69) is 78.6 Å². The molecule has 0 radical (unpaired) electrons. The molecule has 2 heterocycles. The maximum absolute atomic E-state index is 4.97. The van der Waals surface area contributed by atoms with Crippen molar-refractivity contribution in [1.29, 1.82) is 0 Å². The zero-order valence-electron chi connectivity index (χ0n) is 15.1. The molecule has 5 rings (SSSR count). The SMILES string of the molecule is Cc1ccc(-c2cc(-c3ccncc3)nc3ccc4ccccc4c23)cc1. The van der Waals surface area contributed by atoms with Crippen LogP contribution in [0.1, 0.15) is 5.56 Å². The van der Waals surface area contributed by atoms with Crippen LogP contribution in [0.25, 0.3) is 44.1 Å². The molecule has 2 nitrogen and oxygen atoms in total. The average molecular weight is 346 g/mol. The smallest absolute Gasteiger partial charge is 0.0722 e. The summed E-state index contributed by atoms with van der Waals surface area (Å²) >= 11 is 0. The molecule has 27 heavy (non-hydrogen) atoms. The highest BCUT2D eigenvalue weighted by Crippen LogP contribution is 2.36. The van der Waals surface area contributed by atoms with Crippen LogP contribution in [0, 0.1) is 6.92 Å². The zero-order chi connectivity index (χ0) is 18.2. The van der Waals surface area contributed by atoms with Gasteiger partial charge in [0.2, 0.25) is 0 Å². The van der Waals surface area contributed by atoms with Crippen LogP contribution in [0.5, 0.6) is 0 Å². The van der Waals surface area contributed by atoms with Crippen LogP contribution in [0.4, 0.5) is 0 Å². The minimum Gasteiger partial charge on any atom is -0.265 e. The number of nitrogens with zero attached hydrogens (tertiary/aromatic N) is 2. The Labute approximate surface area is 158 Å². The molecule has 0 aliphatic rings. The first-order valence-electron chi connectivity index (χ1n) is 9.09. The molecule has 2 aromatic heterocycles. The van der Waals surface area contributed by atoms with Gasteiger partial charge in [-0.15, -0.1) is 0 Å². The third-order valence-electron chi connectivity index (χ3n) is 5.04. The number of aryl methyl sites for hydroxylation is 1. The van der Waals surface area contributed by atoms with Gasteiger partial charge in [-0.25, -0.2) is 4.98 Å². The van der Waals surface area contributed by atoms with E-state index in [0.717, 1.165) is 16.8 Å². The number of rotatable bonds is 2. The van der Waals surface area contributed by atoms with Gasteiger partial charge in [-0.2, -0.15) is 0 Å². The second kappa shape index (κ2) is 6.33. The normalized spacial score (nSPS) is 11.1. The molecule has 5 aromatic rings. The van der Waals surface area contributed by atoms with Crippen molar-refractivity contribution in [2.45, 2.75) is 6.92 Å². The van der Waals surface area contributed by atoms with Gasteiger partial charge in [0.05, 0.1) is 11.2 Å². The first kappa shape index (κ1) is 15.7. The summed E-state index contributed by atoms with van der Waals surface area (Å²) in [5, 5.41) is 3.67. The van der Waals surface area contributed by atoms with Gasteiger partial charge in [0, 0.05) is 23.3 Å². The standard InChI is InChI=1S/C25H18N2/c1-17-6-8-19(9-7-17)22-16-24(20-12-14-26-15-13-20)27-23-11-10-18-4-2-3-5-21(18)25(22)23/h2-16H,1H3. The van der Waals surface area contributed by atoms with Crippen LogP contribution in [-0.4, -0.2) is 9.97 Å². The summed E-state index contributed by atoms with van der Waals surface area (Å²) in [6, 6.07) is 27.7. The Morgan fingerprint density at radius 2 is 1.48 bits per heavy atom. The lowest BCUT2D eigenvalue weighted by atomic mass is 9.94. The molecular weight excluding hydrogens is 328 g/mol. The second-order valence-electron chi connectivity index (χ2n) is 6.84. The van der Waals surface area contributed by atoms with Gasteiger partial charge in [-0.05, 0) is 53.1 Å². The highest BCUT2D eigenvalue weighted by molar-refractivity contribution is 6.13. The van der Waals surface area contributed by atoms with Crippen LogP contribution < -0.4 is 0 Å². The van der Waals surface area contributed by atoms with Crippen LogP contribution in [0.2, 0.25) is 0 Å². The zero-order valence-corrected chi connectivity index (χ0v) is 15.1. The fourth-order valence-electron chi connectivity index (χ4n) is 3.64. The number of hydrogen-bond acceptors (Lipinski definition) is 2. The summed E-state index contributed by atoms with van der Waals surface area (Å²) in [5.41, 5.74) is 6.74. The number of fused-ring (bicyclic) bond motifs is 3. The molecule has 0 aliphatic carbocycles. The largest absolute Gasteiger partial charge is 0.265 e. The molecule has 0 spiro atoms. The van der Waals surface area contributed by atoms with E-state index in [0.29, 0.717) is 0 Å². The first-order chi connectivity index (χ1) is 13.3. The third kappa shape index (κ3) is 2.76. The van der Waals surface area contributed by atoms with E-state index >= 15 is 0 Å². The number of aromatic nitrogens is 2. The Morgan fingerprint density at radius 3 is 2.30 bits per heavy atom. The lowest BCUT2D eigenvalue weighted by Gasteiger charge is -2.13. The van der Waals surface area contributed by atoms with Gasteiger partial charge in [0.1, 0.15) is 0 Å². The van der Waals surface area contributed by atoms with Gasteiger partial charge in [-0.3, -0.25) is 4.98 Å². The van der Waals surface area contributed by atoms with E-state index in [1.165, 1.54) is 32.8 Å². The third-order valence-corrected chi connectivity index (χ3v) is 5.04. The molecule has 2 heteroatoms. The van der Waals surface area contributed by atoms with E-state index in [9.17, 15) is 0 Å². The molecule has 0 aliphatic heterocycles. The van der Waals surface area contributed by atoms with Crippen LogP contribution >= 0.6 is 0 Å². The Morgan fingerprint density at radius 1 is 0.704 bits per heavy atom. The van der Waals surface area contributed by atoms with Crippen molar-refractivity contribution < 1.29 is 0 Å². The first-order valence-corrected chi connectivity index (χ1v) is 9.09. The molecule has 0 N–H and O–H groups in total. The van der Waals surface area contributed by atoms with Crippen molar-refractivity contribution in [2.24, 2.45) is 0 Å². The van der Waals surface area contributed by atoms with Crippen molar-refractivity contribution in [3.05, 3.63) is 96.8 Å². The van der Waals surface area contributed by atoms with Gasteiger partial charge in [0.15, 0.2) is 0 Å². The maximum Gasteiger partial charge on any atom is 0.0722 e. The summed E-state index contributed by atoms with van der Waals surface area (Å²) in [5.74, 6) is 0. The fourth-order valence-corrected chi connectivity index (χ4v) is 3.64. The summed E-state index contributed by atoms with van der Waals surface area (Å²) in [4.78, 5) is 9.11. The average Bonchev–Trinajstić information content (AvgIpc) is 2.74. The lowest BCUT2D eigenvalue weighted by Crippen LogP contribution is -1.91. The molecular formula is C25H18N2. The van der Waals surface area contributed by atoms with Gasteiger partial charge >= 0.3 is 0 Å². The number of pyridine rings is 2. The van der Waals surface area contributed by atoms with Gasteiger partial charge < -0.3 is 0 Å². The van der Waals surface area contributed by atoms with E-state index in [1.807, 2.05) is 24.5 Å². The summed E-state index contributed by atoms with van der Waals surface area (Å²) in [6.07, 6.45) is 3.63. The topological polar surface area (TPSA) is 25.8 Å². The van der Waals surface area contributed by atoms with Gasteiger partial charge in [-0.1, -0.05) is 60.2 Å². The van der Waals surface area contributed by atoms with Crippen LogP contribution in [0.3, 0.4) is 0 Å². The van der Waals surface area contributed by atoms with Crippen LogP contribution in [0.15, 0.2) is 91.3 Å². The number of hydrogen-bond donors (Lipinski definition) is 0. The maximum atomic E-state index is 4.97. The molecule has 0 amide bonds. The molecule has 0 saturated carbocycles. The Balaban J connectivity index is 1.90. The van der Waals surface area contributed by atoms with E-state index in [1.54, 1.807) is 0 Å². The molecule has 3 aromatic carbocycles.